The average Bonchev–Trinajstić information content (AvgIpc) is 2.85. The summed E-state index contributed by atoms with van der Waals surface area (Å²) in [5.41, 5.74) is 0.919. The lowest BCUT2D eigenvalue weighted by atomic mass is 10.1. The van der Waals surface area contributed by atoms with Crippen molar-refractivity contribution in [3.05, 3.63) is 74.8 Å². The zero-order valence-electron chi connectivity index (χ0n) is 13.6. The van der Waals surface area contributed by atoms with Crippen LogP contribution in [0.2, 0.25) is 0 Å². The number of amides is 2. The van der Waals surface area contributed by atoms with Gasteiger partial charge in [-0.1, -0.05) is 29.8 Å². The predicted octanol–water partition coefficient (Wildman–Crippen LogP) is 3.12. The van der Waals surface area contributed by atoms with Gasteiger partial charge in [0.15, 0.2) is 0 Å². The number of nitro groups is 1. The van der Waals surface area contributed by atoms with Crippen LogP contribution in [0, 0.1) is 10.1 Å². The van der Waals surface area contributed by atoms with Gasteiger partial charge in [0, 0.05) is 17.7 Å². The van der Waals surface area contributed by atoms with E-state index < -0.39 is 16.7 Å². The second-order valence-corrected chi connectivity index (χ2v) is 5.88. The van der Waals surface area contributed by atoms with Crippen LogP contribution < -0.4 is 4.74 Å². The first-order chi connectivity index (χ1) is 12.4. The smallest absolute Gasteiger partial charge is 0.273 e. The van der Waals surface area contributed by atoms with Gasteiger partial charge in [-0.3, -0.25) is 24.6 Å². The summed E-state index contributed by atoms with van der Waals surface area (Å²) in [6.45, 7) is 0.00831. The Morgan fingerprint density at radius 1 is 1.08 bits per heavy atom. The van der Waals surface area contributed by atoms with Gasteiger partial charge in [-0.2, -0.15) is 0 Å². The summed E-state index contributed by atoms with van der Waals surface area (Å²) >= 11 is 6.10. The molecule has 0 saturated heterocycles. The number of nitrogens with zero attached hydrogens (tertiary/aromatic N) is 2. The first-order valence-corrected chi connectivity index (χ1v) is 7.94. The molecule has 0 unspecified atom stereocenters. The number of rotatable bonds is 5. The minimum absolute atomic E-state index is 0.00831. The first-order valence-electron chi connectivity index (χ1n) is 7.56. The Hall–Kier alpha value is -3.19. The third-order valence-electron chi connectivity index (χ3n) is 4.00. The molecule has 2 amide bonds. The fraction of sp³-hybridized carbons (Fsp3) is 0.111. The molecule has 26 heavy (non-hydrogen) atoms. The number of benzene rings is 2. The molecule has 0 spiro atoms. The monoisotopic (exact) mass is 372 g/mol. The van der Waals surface area contributed by atoms with Gasteiger partial charge in [-0.05, 0) is 23.8 Å². The van der Waals surface area contributed by atoms with Crippen molar-refractivity contribution in [2.75, 3.05) is 7.11 Å². The number of halogens is 1. The molecular weight excluding hydrogens is 360 g/mol. The fourth-order valence-corrected chi connectivity index (χ4v) is 2.99. The summed E-state index contributed by atoms with van der Waals surface area (Å²) in [4.78, 5) is 36.4. The average molecular weight is 373 g/mol. The molecule has 7 nitrogen and oxygen atoms in total. The lowest BCUT2D eigenvalue weighted by molar-refractivity contribution is -0.384. The van der Waals surface area contributed by atoms with E-state index in [1.165, 1.54) is 31.4 Å². The number of methoxy groups -OCH3 is 1. The molecule has 2 aromatic rings. The summed E-state index contributed by atoms with van der Waals surface area (Å²) in [5.74, 6) is -0.622. The topological polar surface area (TPSA) is 89.8 Å². The Labute approximate surface area is 153 Å². The van der Waals surface area contributed by atoms with Crippen LogP contribution >= 0.6 is 11.6 Å². The van der Waals surface area contributed by atoms with E-state index in [0.717, 1.165) is 4.90 Å². The minimum atomic E-state index is -0.615. The van der Waals surface area contributed by atoms with Crippen molar-refractivity contribution in [1.29, 1.82) is 0 Å². The Balaban J connectivity index is 1.91. The third-order valence-corrected chi connectivity index (χ3v) is 4.35. The molecule has 0 N–H and O–H groups in total. The minimum Gasteiger partial charge on any atom is -0.496 e. The van der Waals surface area contributed by atoms with Crippen molar-refractivity contribution in [3.63, 3.8) is 0 Å². The number of hydrogen-bond acceptors (Lipinski definition) is 5. The molecule has 0 atom stereocenters. The van der Waals surface area contributed by atoms with E-state index in [9.17, 15) is 19.7 Å². The van der Waals surface area contributed by atoms with Crippen LogP contribution in [0.25, 0.3) is 5.57 Å². The van der Waals surface area contributed by atoms with Gasteiger partial charge in [-0.25, -0.2) is 0 Å². The number of imide groups is 1. The van der Waals surface area contributed by atoms with Crippen LogP contribution in [0.1, 0.15) is 11.1 Å². The van der Waals surface area contributed by atoms with Crippen LogP contribution in [0.15, 0.2) is 53.6 Å². The molecule has 0 aromatic heterocycles. The highest BCUT2D eigenvalue weighted by molar-refractivity contribution is 6.55. The molecule has 1 heterocycles. The van der Waals surface area contributed by atoms with Crippen LogP contribution in [0.5, 0.6) is 5.75 Å². The molecule has 2 aromatic carbocycles. The highest BCUT2D eigenvalue weighted by atomic mass is 35.5. The van der Waals surface area contributed by atoms with Crippen LogP contribution in [0.4, 0.5) is 5.69 Å². The molecular formula is C18H13ClN2O5. The Morgan fingerprint density at radius 3 is 2.35 bits per heavy atom. The van der Waals surface area contributed by atoms with Gasteiger partial charge in [0.1, 0.15) is 10.8 Å². The standard InChI is InChI=1S/C18H13ClN2O5/c1-26-14-5-3-2-4-12(14)10-20-17(22)15(16(19)18(20)23)11-6-8-13(9-7-11)21(24)25/h2-9H,10H2,1H3. The molecule has 0 saturated carbocycles. The van der Waals surface area contributed by atoms with Gasteiger partial charge < -0.3 is 4.74 Å². The van der Waals surface area contributed by atoms with E-state index in [-0.39, 0.29) is 22.8 Å². The van der Waals surface area contributed by atoms with E-state index in [1.807, 2.05) is 0 Å². The Morgan fingerprint density at radius 2 is 1.73 bits per heavy atom. The molecule has 0 radical (unpaired) electrons. The van der Waals surface area contributed by atoms with E-state index in [0.29, 0.717) is 16.9 Å². The van der Waals surface area contributed by atoms with E-state index in [1.54, 1.807) is 24.3 Å². The summed E-state index contributed by atoms with van der Waals surface area (Å²) in [6.07, 6.45) is 0. The predicted molar refractivity (Wildman–Crippen MR) is 94.4 cm³/mol. The van der Waals surface area contributed by atoms with Crippen molar-refractivity contribution in [2.45, 2.75) is 6.54 Å². The van der Waals surface area contributed by atoms with Crippen LogP contribution in [0.3, 0.4) is 0 Å². The van der Waals surface area contributed by atoms with Gasteiger partial charge in [0.05, 0.1) is 24.2 Å². The molecule has 1 aliphatic heterocycles. The maximum atomic E-state index is 12.7. The van der Waals surface area contributed by atoms with E-state index in [2.05, 4.69) is 0 Å². The molecule has 132 valence electrons. The number of ether oxygens (including phenoxy) is 1. The molecule has 0 bridgehead atoms. The van der Waals surface area contributed by atoms with Crippen molar-refractivity contribution in [3.8, 4) is 5.75 Å². The molecule has 1 aliphatic rings. The zero-order chi connectivity index (χ0) is 18.8. The second-order valence-electron chi connectivity index (χ2n) is 5.50. The first kappa shape index (κ1) is 17.6. The summed E-state index contributed by atoms with van der Waals surface area (Å²) in [5, 5.41) is 10.5. The number of non-ortho nitro benzene ring substituents is 1. The number of carbonyl (C=O) groups excluding carboxylic acids is 2. The zero-order valence-corrected chi connectivity index (χ0v) is 14.4. The van der Waals surface area contributed by atoms with Crippen molar-refractivity contribution in [2.24, 2.45) is 0 Å². The lowest BCUT2D eigenvalue weighted by Crippen LogP contribution is -2.30. The molecule has 0 fully saturated rings. The highest BCUT2D eigenvalue weighted by Gasteiger charge is 2.38. The summed E-state index contributed by atoms with van der Waals surface area (Å²) < 4.78 is 5.24. The molecule has 8 heteroatoms. The lowest BCUT2D eigenvalue weighted by Gasteiger charge is -2.16. The van der Waals surface area contributed by atoms with Crippen molar-refractivity contribution in [1.82, 2.24) is 4.90 Å². The summed E-state index contributed by atoms with van der Waals surface area (Å²) in [7, 11) is 1.50. The quantitative estimate of drug-likeness (QED) is 0.457. The third kappa shape index (κ3) is 3.04. The highest BCUT2D eigenvalue weighted by Crippen LogP contribution is 2.34. The van der Waals surface area contributed by atoms with Gasteiger partial charge in [0.2, 0.25) is 0 Å². The SMILES string of the molecule is COc1ccccc1CN1C(=O)C(Cl)=C(c2ccc([N+](=O)[O-])cc2)C1=O. The van der Waals surface area contributed by atoms with E-state index in [4.69, 9.17) is 16.3 Å². The maximum Gasteiger partial charge on any atom is 0.273 e. The summed E-state index contributed by atoms with van der Waals surface area (Å²) in [6, 6.07) is 12.3. The largest absolute Gasteiger partial charge is 0.496 e. The van der Waals surface area contributed by atoms with Crippen LogP contribution in [-0.4, -0.2) is 28.7 Å². The van der Waals surface area contributed by atoms with Crippen molar-refractivity contribution >= 4 is 34.7 Å². The Bertz CT molecular complexity index is 937. The number of hydrogen-bond donors (Lipinski definition) is 0. The van der Waals surface area contributed by atoms with E-state index >= 15 is 0 Å². The van der Waals surface area contributed by atoms with Crippen molar-refractivity contribution < 1.29 is 19.2 Å². The van der Waals surface area contributed by atoms with Crippen LogP contribution in [-0.2, 0) is 16.1 Å². The molecule has 3 rings (SSSR count). The number of para-hydroxylation sites is 1. The fourth-order valence-electron chi connectivity index (χ4n) is 2.69. The number of carbonyl (C=O) groups is 2. The normalized spacial score (nSPS) is 14.2. The number of nitro benzene ring substituents is 1. The van der Waals surface area contributed by atoms with Gasteiger partial charge in [-0.15, -0.1) is 0 Å². The second kappa shape index (κ2) is 6.97. The molecule has 0 aliphatic carbocycles. The Kier molecular flexibility index (Phi) is 4.73. The van der Waals surface area contributed by atoms with Gasteiger partial charge in [0.25, 0.3) is 17.5 Å². The van der Waals surface area contributed by atoms with Gasteiger partial charge >= 0.3 is 0 Å². The maximum absolute atomic E-state index is 12.7.